The highest BCUT2D eigenvalue weighted by molar-refractivity contribution is 6.14. The fraction of sp³-hybridized carbons (Fsp3) is 0.250. The zero-order chi connectivity index (χ0) is 12.4. The molecule has 1 fully saturated rings. The van der Waals surface area contributed by atoms with Gasteiger partial charge in [-0.15, -0.1) is 0 Å². The molecule has 0 unspecified atom stereocenters. The van der Waals surface area contributed by atoms with Crippen molar-refractivity contribution in [3.8, 4) is 0 Å². The van der Waals surface area contributed by atoms with E-state index in [0.29, 0.717) is 11.4 Å². The average molecular weight is 232 g/mol. The van der Waals surface area contributed by atoms with Crippen molar-refractivity contribution < 1.29 is 14.4 Å². The number of amides is 4. The molecule has 1 saturated heterocycles. The summed E-state index contributed by atoms with van der Waals surface area (Å²) in [4.78, 5) is 36.4. The summed E-state index contributed by atoms with van der Waals surface area (Å²) in [6.07, 6.45) is 0. The first kappa shape index (κ1) is 11.3. The van der Waals surface area contributed by atoms with Crippen molar-refractivity contribution in [1.82, 2.24) is 9.80 Å². The van der Waals surface area contributed by atoms with Crippen LogP contribution in [0, 0.1) is 0 Å². The van der Waals surface area contributed by atoms with Crippen LogP contribution in [0.1, 0.15) is 12.5 Å². The average Bonchev–Trinajstić information content (AvgIpc) is 2.55. The maximum Gasteiger partial charge on any atom is 0.334 e. The summed E-state index contributed by atoms with van der Waals surface area (Å²) >= 11 is 0. The van der Waals surface area contributed by atoms with E-state index >= 15 is 0 Å². The van der Waals surface area contributed by atoms with Gasteiger partial charge in [-0.3, -0.25) is 9.59 Å². The number of imide groups is 3. The monoisotopic (exact) mass is 232 g/mol. The number of rotatable bonds is 2. The highest BCUT2D eigenvalue weighted by atomic mass is 16.2. The summed E-state index contributed by atoms with van der Waals surface area (Å²) in [6, 6.07) is 8.80. The van der Waals surface area contributed by atoms with Crippen LogP contribution in [0.15, 0.2) is 30.3 Å². The van der Waals surface area contributed by atoms with Gasteiger partial charge in [0.2, 0.25) is 5.91 Å². The fourth-order valence-corrected chi connectivity index (χ4v) is 1.79. The number of urea groups is 1. The van der Waals surface area contributed by atoms with Crippen LogP contribution < -0.4 is 0 Å². The third-order valence-electron chi connectivity index (χ3n) is 2.57. The molecule has 5 nitrogen and oxygen atoms in total. The molecule has 1 aliphatic heterocycles. The SMILES string of the molecule is CC(=O)N1C(=O)CN(Cc2ccccc2)C1=O. The van der Waals surface area contributed by atoms with E-state index in [1.165, 1.54) is 11.8 Å². The van der Waals surface area contributed by atoms with E-state index in [1.54, 1.807) is 0 Å². The van der Waals surface area contributed by atoms with E-state index in [2.05, 4.69) is 0 Å². The normalized spacial score (nSPS) is 15.6. The lowest BCUT2D eigenvalue weighted by Crippen LogP contribution is -2.36. The second-order valence-electron chi connectivity index (χ2n) is 3.87. The van der Waals surface area contributed by atoms with E-state index in [0.717, 1.165) is 5.56 Å². The minimum atomic E-state index is -0.536. The molecule has 0 bridgehead atoms. The van der Waals surface area contributed by atoms with Gasteiger partial charge < -0.3 is 4.90 Å². The van der Waals surface area contributed by atoms with Gasteiger partial charge in [0.1, 0.15) is 6.54 Å². The molecular weight excluding hydrogens is 220 g/mol. The second kappa shape index (κ2) is 4.37. The van der Waals surface area contributed by atoms with Crippen molar-refractivity contribution in [3.05, 3.63) is 35.9 Å². The lowest BCUT2D eigenvalue weighted by Gasteiger charge is -2.14. The molecule has 0 spiro atoms. The summed E-state index contributed by atoms with van der Waals surface area (Å²) in [7, 11) is 0. The Hall–Kier alpha value is -2.17. The van der Waals surface area contributed by atoms with Crippen LogP contribution in [0.25, 0.3) is 0 Å². The fourth-order valence-electron chi connectivity index (χ4n) is 1.79. The molecule has 0 atom stereocenters. The van der Waals surface area contributed by atoms with Crippen molar-refractivity contribution in [2.24, 2.45) is 0 Å². The number of carbonyl (C=O) groups is 3. The lowest BCUT2D eigenvalue weighted by molar-refractivity contribution is -0.136. The number of nitrogens with zero attached hydrogens (tertiary/aromatic N) is 2. The lowest BCUT2D eigenvalue weighted by atomic mass is 10.2. The van der Waals surface area contributed by atoms with E-state index in [9.17, 15) is 14.4 Å². The van der Waals surface area contributed by atoms with Gasteiger partial charge >= 0.3 is 6.03 Å². The van der Waals surface area contributed by atoms with Crippen LogP contribution in [0.2, 0.25) is 0 Å². The van der Waals surface area contributed by atoms with Crippen LogP contribution >= 0.6 is 0 Å². The van der Waals surface area contributed by atoms with Crippen molar-refractivity contribution in [2.75, 3.05) is 6.54 Å². The Morgan fingerprint density at radius 2 is 1.88 bits per heavy atom. The van der Waals surface area contributed by atoms with Gasteiger partial charge in [0.25, 0.3) is 5.91 Å². The summed E-state index contributed by atoms with van der Waals surface area (Å²) in [5, 5.41) is 0. The van der Waals surface area contributed by atoms with Gasteiger partial charge in [0.15, 0.2) is 0 Å². The Labute approximate surface area is 98.6 Å². The molecule has 4 amide bonds. The Morgan fingerprint density at radius 3 is 2.41 bits per heavy atom. The molecule has 0 N–H and O–H groups in total. The van der Waals surface area contributed by atoms with Crippen molar-refractivity contribution in [2.45, 2.75) is 13.5 Å². The number of benzene rings is 1. The van der Waals surface area contributed by atoms with Gasteiger partial charge in [0, 0.05) is 13.5 Å². The minimum Gasteiger partial charge on any atom is -0.310 e. The topological polar surface area (TPSA) is 57.7 Å². The smallest absolute Gasteiger partial charge is 0.310 e. The van der Waals surface area contributed by atoms with Crippen molar-refractivity contribution in [1.29, 1.82) is 0 Å². The maximum absolute atomic E-state index is 11.8. The first-order chi connectivity index (χ1) is 8.09. The largest absolute Gasteiger partial charge is 0.334 e. The highest BCUT2D eigenvalue weighted by Crippen LogP contribution is 2.14. The molecule has 1 aromatic carbocycles. The van der Waals surface area contributed by atoms with Crippen LogP contribution in [0.4, 0.5) is 4.79 Å². The molecule has 1 aromatic rings. The van der Waals surface area contributed by atoms with E-state index in [-0.39, 0.29) is 6.54 Å². The third-order valence-corrected chi connectivity index (χ3v) is 2.57. The molecule has 0 saturated carbocycles. The quantitative estimate of drug-likeness (QED) is 0.715. The van der Waals surface area contributed by atoms with Crippen LogP contribution in [-0.4, -0.2) is 34.2 Å². The number of hydrogen-bond donors (Lipinski definition) is 0. The highest BCUT2D eigenvalue weighted by Gasteiger charge is 2.38. The number of carbonyl (C=O) groups excluding carboxylic acids is 3. The van der Waals surface area contributed by atoms with Crippen molar-refractivity contribution >= 4 is 17.8 Å². The molecule has 2 rings (SSSR count). The maximum atomic E-state index is 11.8. The zero-order valence-electron chi connectivity index (χ0n) is 9.42. The van der Waals surface area contributed by atoms with Crippen molar-refractivity contribution in [3.63, 3.8) is 0 Å². The first-order valence-electron chi connectivity index (χ1n) is 5.26. The van der Waals surface area contributed by atoms with Gasteiger partial charge in [-0.1, -0.05) is 30.3 Å². The third kappa shape index (κ3) is 2.18. The zero-order valence-corrected chi connectivity index (χ0v) is 9.42. The molecule has 0 radical (unpaired) electrons. The summed E-state index contributed by atoms with van der Waals surface area (Å²) in [5.41, 5.74) is 0.930. The first-order valence-corrected chi connectivity index (χ1v) is 5.26. The van der Waals surface area contributed by atoms with E-state index < -0.39 is 17.8 Å². The standard InChI is InChI=1S/C12H12N2O3/c1-9(15)14-11(16)8-13(12(14)17)7-10-5-3-2-4-6-10/h2-6H,7-8H2,1H3. The van der Waals surface area contributed by atoms with Crippen LogP contribution in [0.3, 0.4) is 0 Å². The second-order valence-corrected chi connectivity index (χ2v) is 3.87. The minimum absolute atomic E-state index is 0.0344. The Morgan fingerprint density at radius 1 is 1.24 bits per heavy atom. The summed E-state index contributed by atoms with van der Waals surface area (Å²) in [6.45, 7) is 1.52. The molecule has 1 heterocycles. The summed E-state index contributed by atoms with van der Waals surface area (Å²) < 4.78 is 0. The molecular formula is C12H12N2O3. The van der Waals surface area contributed by atoms with Gasteiger partial charge in [-0.25, -0.2) is 4.79 Å². The Balaban J connectivity index is 2.12. The molecule has 1 aliphatic rings. The van der Waals surface area contributed by atoms with E-state index in [1.807, 2.05) is 30.3 Å². The summed E-state index contributed by atoms with van der Waals surface area (Å²) in [5.74, 6) is -0.992. The molecule has 0 aliphatic carbocycles. The molecule has 5 heteroatoms. The van der Waals surface area contributed by atoms with Gasteiger partial charge in [-0.05, 0) is 5.56 Å². The van der Waals surface area contributed by atoms with E-state index in [4.69, 9.17) is 0 Å². The van der Waals surface area contributed by atoms with Crippen LogP contribution in [-0.2, 0) is 16.1 Å². The Kier molecular flexibility index (Phi) is 2.91. The predicted molar refractivity (Wildman–Crippen MR) is 59.8 cm³/mol. The van der Waals surface area contributed by atoms with Gasteiger partial charge in [0.05, 0.1) is 0 Å². The predicted octanol–water partition coefficient (Wildman–Crippen LogP) is 0.997. The van der Waals surface area contributed by atoms with Crippen LogP contribution in [0.5, 0.6) is 0 Å². The Bertz CT molecular complexity index is 470. The number of hydrogen-bond acceptors (Lipinski definition) is 3. The molecule has 88 valence electrons. The molecule has 17 heavy (non-hydrogen) atoms. The molecule has 0 aromatic heterocycles. The van der Waals surface area contributed by atoms with Gasteiger partial charge in [-0.2, -0.15) is 4.90 Å².